The summed E-state index contributed by atoms with van der Waals surface area (Å²) in [5, 5.41) is 6.21. The van der Waals surface area contributed by atoms with E-state index in [4.69, 9.17) is 4.74 Å². The first kappa shape index (κ1) is 11.5. The van der Waals surface area contributed by atoms with Gasteiger partial charge < -0.3 is 15.4 Å². The summed E-state index contributed by atoms with van der Waals surface area (Å²) < 4.78 is 4.90. The number of hydrogen-bond acceptors (Lipinski definition) is 3. The van der Waals surface area contributed by atoms with E-state index in [2.05, 4.69) is 10.6 Å². The summed E-state index contributed by atoms with van der Waals surface area (Å²) in [6.07, 6.45) is 2.57. The van der Waals surface area contributed by atoms with Crippen LogP contribution in [0.15, 0.2) is 0 Å². The third-order valence-electron chi connectivity index (χ3n) is 2.30. The molecule has 82 valence electrons. The van der Waals surface area contributed by atoms with Gasteiger partial charge in [0, 0.05) is 26.2 Å². The van der Waals surface area contributed by atoms with Gasteiger partial charge in [-0.05, 0) is 12.8 Å². The van der Waals surface area contributed by atoms with Gasteiger partial charge in [0.2, 0.25) is 5.91 Å². The van der Waals surface area contributed by atoms with Crippen LogP contribution in [0.3, 0.4) is 0 Å². The largest absolute Gasteiger partial charge is 0.384 e. The maximum absolute atomic E-state index is 11.4. The summed E-state index contributed by atoms with van der Waals surface area (Å²) in [5.74, 6) is 0.0189. The minimum Gasteiger partial charge on any atom is -0.384 e. The van der Waals surface area contributed by atoms with E-state index >= 15 is 0 Å². The number of carbonyl (C=O) groups is 1. The minimum absolute atomic E-state index is 0.0547. The van der Waals surface area contributed by atoms with Crippen molar-refractivity contribution in [2.45, 2.75) is 25.8 Å². The molecule has 2 N–H and O–H groups in total. The molecule has 1 aliphatic carbocycles. The molecule has 1 aliphatic rings. The summed E-state index contributed by atoms with van der Waals surface area (Å²) in [4.78, 5) is 11.4. The molecule has 0 saturated heterocycles. The highest BCUT2D eigenvalue weighted by Gasteiger charge is 2.19. The predicted molar refractivity (Wildman–Crippen MR) is 55.1 cm³/mol. The Morgan fingerprint density at radius 3 is 2.79 bits per heavy atom. The number of amides is 1. The van der Waals surface area contributed by atoms with Crippen molar-refractivity contribution in [3.8, 4) is 0 Å². The molecule has 0 aliphatic heterocycles. The zero-order chi connectivity index (χ0) is 10.4. The van der Waals surface area contributed by atoms with Crippen LogP contribution in [0.25, 0.3) is 0 Å². The molecule has 1 atom stereocenters. The van der Waals surface area contributed by atoms with Crippen molar-refractivity contribution in [1.29, 1.82) is 0 Å². The summed E-state index contributed by atoms with van der Waals surface area (Å²) in [6.45, 7) is 3.94. The van der Waals surface area contributed by atoms with Crippen LogP contribution in [0.5, 0.6) is 0 Å². The van der Waals surface area contributed by atoms with Crippen LogP contribution in [-0.2, 0) is 9.53 Å². The van der Waals surface area contributed by atoms with Gasteiger partial charge in [0.05, 0.1) is 12.5 Å². The summed E-state index contributed by atoms with van der Waals surface area (Å²) in [6, 6.07) is 0.711. The van der Waals surface area contributed by atoms with Gasteiger partial charge in [-0.1, -0.05) is 6.92 Å². The van der Waals surface area contributed by atoms with Crippen LogP contribution in [0.1, 0.15) is 19.8 Å². The average molecular weight is 200 g/mol. The Bertz CT molecular complexity index is 181. The van der Waals surface area contributed by atoms with Crippen LogP contribution in [0, 0.1) is 5.92 Å². The van der Waals surface area contributed by atoms with E-state index in [9.17, 15) is 4.79 Å². The molecule has 0 heterocycles. The van der Waals surface area contributed by atoms with E-state index in [1.165, 1.54) is 12.8 Å². The van der Waals surface area contributed by atoms with Crippen molar-refractivity contribution >= 4 is 5.91 Å². The van der Waals surface area contributed by atoms with Gasteiger partial charge in [0.1, 0.15) is 0 Å². The van der Waals surface area contributed by atoms with Crippen LogP contribution >= 0.6 is 0 Å². The molecule has 0 aromatic heterocycles. The van der Waals surface area contributed by atoms with Gasteiger partial charge in [0.25, 0.3) is 0 Å². The first-order chi connectivity index (χ1) is 6.74. The highest BCUT2D eigenvalue weighted by atomic mass is 16.5. The van der Waals surface area contributed by atoms with Gasteiger partial charge in [-0.2, -0.15) is 0 Å². The fourth-order valence-corrected chi connectivity index (χ4v) is 1.25. The van der Waals surface area contributed by atoms with Gasteiger partial charge in [0.15, 0.2) is 0 Å². The second-order valence-corrected chi connectivity index (χ2v) is 3.88. The lowest BCUT2D eigenvalue weighted by Crippen LogP contribution is -2.36. The lowest BCUT2D eigenvalue weighted by atomic mass is 10.2. The highest BCUT2D eigenvalue weighted by molar-refractivity contribution is 5.78. The minimum atomic E-state index is -0.0547. The van der Waals surface area contributed by atoms with Crippen molar-refractivity contribution in [3.05, 3.63) is 0 Å². The van der Waals surface area contributed by atoms with Crippen molar-refractivity contribution in [1.82, 2.24) is 10.6 Å². The number of hydrogen-bond donors (Lipinski definition) is 2. The van der Waals surface area contributed by atoms with Gasteiger partial charge >= 0.3 is 0 Å². The quantitative estimate of drug-likeness (QED) is 0.575. The number of methoxy groups -OCH3 is 1. The van der Waals surface area contributed by atoms with Crippen molar-refractivity contribution < 1.29 is 9.53 Å². The van der Waals surface area contributed by atoms with E-state index in [1.807, 2.05) is 6.92 Å². The van der Waals surface area contributed by atoms with E-state index in [0.717, 1.165) is 6.54 Å². The Morgan fingerprint density at radius 1 is 1.50 bits per heavy atom. The fourth-order valence-electron chi connectivity index (χ4n) is 1.25. The zero-order valence-electron chi connectivity index (χ0n) is 9.01. The Labute approximate surface area is 85.4 Å². The Hall–Kier alpha value is -0.610. The maximum atomic E-state index is 11.4. The number of ether oxygens (including phenoxy) is 1. The first-order valence-electron chi connectivity index (χ1n) is 5.24. The highest BCUT2D eigenvalue weighted by Crippen LogP contribution is 2.17. The molecule has 4 heteroatoms. The first-order valence-corrected chi connectivity index (χ1v) is 5.24. The second-order valence-electron chi connectivity index (χ2n) is 3.88. The van der Waals surface area contributed by atoms with E-state index in [1.54, 1.807) is 7.11 Å². The smallest absolute Gasteiger partial charge is 0.225 e. The lowest BCUT2D eigenvalue weighted by Gasteiger charge is -2.11. The molecule has 0 aromatic rings. The SMILES string of the molecule is COC[C@@H](C)C(=O)NCCNC1CC1. The predicted octanol–water partition coefficient (Wildman–Crippen LogP) is 0.137. The standard InChI is InChI=1S/C10H20N2O2/c1-8(7-14-2)10(13)12-6-5-11-9-3-4-9/h8-9,11H,3-7H2,1-2H3,(H,12,13)/t8-/m1/s1. The molecular weight excluding hydrogens is 180 g/mol. The van der Waals surface area contributed by atoms with Crippen LogP contribution in [0.2, 0.25) is 0 Å². The second kappa shape index (κ2) is 5.98. The number of nitrogens with one attached hydrogen (secondary N) is 2. The molecule has 1 fully saturated rings. The van der Waals surface area contributed by atoms with E-state index in [-0.39, 0.29) is 11.8 Å². The molecule has 1 rings (SSSR count). The Kier molecular flexibility index (Phi) is 4.90. The zero-order valence-corrected chi connectivity index (χ0v) is 9.01. The van der Waals surface area contributed by atoms with Crippen LogP contribution in [-0.4, -0.2) is 38.8 Å². The lowest BCUT2D eigenvalue weighted by molar-refractivity contribution is -0.125. The Balaban J connectivity index is 1.95. The topological polar surface area (TPSA) is 50.4 Å². The normalized spacial score (nSPS) is 17.9. The monoisotopic (exact) mass is 200 g/mol. The number of rotatable bonds is 7. The van der Waals surface area contributed by atoms with Crippen LogP contribution < -0.4 is 10.6 Å². The molecule has 0 radical (unpaired) electrons. The molecule has 1 amide bonds. The molecule has 0 unspecified atom stereocenters. The average Bonchev–Trinajstić information content (AvgIpc) is 2.96. The Morgan fingerprint density at radius 2 is 2.21 bits per heavy atom. The molecular formula is C10H20N2O2. The fraction of sp³-hybridized carbons (Fsp3) is 0.900. The van der Waals surface area contributed by atoms with Crippen LogP contribution in [0.4, 0.5) is 0 Å². The molecule has 0 spiro atoms. The molecule has 0 bridgehead atoms. The third-order valence-corrected chi connectivity index (χ3v) is 2.30. The maximum Gasteiger partial charge on any atom is 0.225 e. The number of carbonyl (C=O) groups excluding carboxylic acids is 1. The van der Waals surface area contributed by atoms with E-state index < -0.39 is 0 Å². The van der Waals surface area contributed by atoms with Gasteiger partial charge in [-0.3, -0.25) is 4.79 Å². The van der Waals surface area contributed by atoms with Crippen molar-refractivity contribution in [2.24, 2.45) is 5.92 Å². The summed E-state index contributed by atoms with van der Waals surface area (Å²) in [7, 11) is 1.61. The van der Waals surface area contributed by atoms with Crippen molar-refractivity contribution in [3.63, 3.8) is 0 Å². The van der Waals surface area contributed by atoms with Gasteiger partial charge in [-0.15, -0.1) is 0 Å². The molecule has 14 heavy (non-hydrogen) atoms. The third kappa shape index (κ3) is 4.58. The van der Waals surface area contributed by atoms with E-state index in [0.29, 0.717) is 19.2 Å². The van der Waals surface area contributed by atoms with Gasteiger partial charge in [-0.25, -0.2) is 0 Å². The van der Waals surface area contributed by atoms with Crippen molar-refractivity contribution in [2.75, 3.05) is 26.8 Å². The molecule has 0 aromatic carbocycles. The molecule has 1 saturated carbocycles. The molecule has 4 nitrogen and oxygen atoms in total. The summed E-state index contributed by atoms with van der Waals surface area (Å²) in [5.41, 5.74) is 0. The summed E-state index contributed by atoms with van der Waals surface area (Å²) >= 11 is 0.